The van der Waals surface area contributed by atoms with Crippen LogP contribution < -0.4 is 4.18 Å². The van der Waals surface area contributed by atoms with Crippen LogP contribution in [0.3, 0.4) is 0 Å². The number of halogens is 3. The first-order valence-corrected chi connectivity index (χ1v) is 10.3. The smallest absolute Gasteiger partial charge is 0.376 e. The van der Waals surface area contributed by atoms with E-state index in [2.05, 4.69) is 4.18 Å². The van der Waals surface area contributed by atoms with E-state index >= 15 is 0 Å². The SMILES string of the molecule is Cc1ccc(C(=O)c2ccc(C(=O)c3ccc(OS(=O)(=O)C(F)(F)F)cc3)cc2)cc1. The number of hydrogen-bond donors (Lipinski definition) is 0. The van der Waals surface area contributed by atoms with Crippen LogP contribution in [-0.2, 0) is 10.1 Å². The van der Waals surface area contributed by atoms with E-state index in [1.165, 1.54) is 24.3 Å². The van der Waals surface area contributed by atoms with Crippen molar-refractivity contribution < 1.29 is 35.4 Å². The summed E-state index contributed by atoms with van der Waals surface area (Å²) in [6.45, 7) is 1.91. The molecular formula is C22H15F3O5S. The molecule has 3 aromatic rings. The lowest BCUT2D eigenvalue weighted by atomic mass is 9.98. The molecule has 0 spiro atoms. The second-order valence-corrected chi connectivity index (χ2v) is 8.15. The van der Waals surface area contributed by atoms with Crippen molar-refractivity contribution in [3.63, 3.8) is 0 Å². The number of hydrogen-bond acceptors (Lipinski definition) is 5. The predicted molar refractivity (Wildman–Crippen MR) is 107 cm³/mol. The van der Waals surface area contributed by atoms with Gasteiger partial charge in [-0.25, -0.2) is 0 Å². The molecule has 0 N–H and O–H groups in total. The molecule has 0 saturated heterocycles. The van der Waals surface area contributed by atoms with Crippen LogP contribution in [0.1, 0.15) is 37.4 Å². The van der Waals surface area contributed by atoms with Crippen LogP contribution in [0.25, 0.3) is 0 Å². The van der Waals surface area contributed by atoms with Crippen LogP contribution in [0.4, 0.5) is 13.2 Å². The fourth-order valence-corrected chi connectivity index (χ4v) is 3.11. The molecule has 0 unspecified atom stereocenters. The molecule has 3 rings (SSSR count). The Kier molecular flexibility index (Phi) is 5.99. The minimum absolute atomic E-state index is 0.106. The lowest BCUT2D eigenvalue weighted by Crippen LogP contribution is -2.28. The Hall–Kier alpha value is -3.46. The maximum Gasteiger partial charge on any atom is 0.534 e. The van der Waals surface area contributed by atoms with Gasteiger partial charge >= 0.3 is 15.6 Å². The predicted octanol–water partition coefficient (Wildman–Crippen LogP) is 4.69. The van der Waals surface area contributed by atoms with Crippen molar-refractivity contribution in [2.45, 2.75) is 12.4 Å². The number of carbonyl (C=O) groups is 2. The highest BCUT2D eigenvalue weighted by Gasteiger charge is 2.48. The van der Waals surface area contributed by atoms with Gasteiger partial charge < -0.3 is 4.18 Å². The van der Waals surface area contributed by atoms with Crippen LogP contribution in [0, 0.1) is 6.92 Å². The van der Waals surface area contributed by atoms with Gasteiger partial charge in [0.05, 0.1) is 0 Å². The van der Waals surface area contributed by atoms with Gasteiger partial charge in [0.2, 0.25) is 0 Å². The van der Waals surface area contributed by atoms with E-state index in [4.69, 9.17) is 0 Å². The number of aryl methyl sites for hydroxylation is 1. The van der Waals surface area contributed by atoms with Crippen molar-refractivity contribution in [2.24, 2.45) is 0 Å². The third kappa shape index (κ3) is 5.00. The monoisotopic (exact) mass is 448 g/mol. The number of alkyl halides is 3. The van der Waals surface area contributed by atoms with Gasteiger partial charge in [-0.05, 0) is 31.2 Å². The van der Waals surface area contributed by atoms with E-state index in [0.29, 0.717) is 11.1 Å². The van der Waals surface area contributed by atoms with Gasteiger partial charge in [-0.1, -0.05) is 54.1 Å². The van der Waals surface area contributed by atoms with Crippen LogP contribution in [0.15, 0.2) is 72.8 Å². The van der Waals surface area contributed by atoms with Crippen molar-refractivity contribution in [1.82, 2.24) is 0 Å². The second kappa shape index (κ2) is 8.35. The van der Waals surface area contributed by atoms with Crippen LogP contribution in [-0.4, -0.2) is 25.5 Å². The lowest BCUT2D eigenvalue weighted by Gasteiger charge is -2.09. The first-order valence-electron chi connectivity index (χ1n) is 8.85. The quantitative estimate of drug-likeness (QED) is 0.311. The summed E-state index contributed by atoms with van der Waals surface area (Å²) in [4.78, 5) is 25.1. The topological polar surface area (TPSA) is 77.5 Å². The van der Waals surface area contributed by atoms with E-state index in [1.807, 2.05) is 19.1 Å². The van der Waals surface area contributed by atoms with Gasteiger partial charge in [0, 0.05) is 22.3 Å². The fraction of sp³-hybridized carbons (Fsp3) is 0.0909. The molecule has 0 aliphatic rings. The number of ketones is 2. The summed E-state index contributed by atoms with van der Waals surface area (Å²) in [5.74, 6) is -1.24. The van der Waals surface area contributed by atoms with Crippen LogP contribution in [0.5, 0.6) is 5.75 Å². The zero-order valence-electron chi connectivity index (χ0n) is 16.0. The highest BCUT2D eigenvalue weighted by Crippen LogP contribution is 2.27. The third-order valence-corrected chi connectivity index (χ3v) is 5.31. The van der Waals surface area contributed by atoms with Gasteiger partial charge in [0.1, 0.15) is 5.75 Å². The minimum atomic E-state index is -5.79. The van der Waals surface area contributed by atoms with Gasteiger partial charge in [0.15, 0.2) is 11.6 Å². The Balaban J connectivity index is 1.74. The van der Waals surface area contributed by atoms with Gasteiger partial charge in [-0.2, -0.15) is 21.6 Å². The maximum atomic E-state index is 12.6. The molecule has 160 valence electrons. The molecule has 0 aliphatic carbocycles. The van der Waals surface area contributed by atoms with Crippen molar-refractivity contribution in [1.29, 1.82) is 0 Å². The van der Waals surface area contributed by atoms with Crippen molar-refractivity contribution >= 4 is 21.7 Å². The van der Waals surface area contributed by atoms with Crippen molar-refractivity contribution in [3.8, 4) is 5.75 Å². The molecule has 0 amide bonds. The standard InChI is InChI=1S/C22H15F3O5S/c1-14-2-4-15(5-3-14)20(26)16-6-8-17(9-7-16)21(27)18-10-12-19(13-11-18)30-31(28,29)22(23,24)25/h2-13H,1H3. The first kappa shape index (κ1) is 22.2. The third-order valence-electron chi connectivity index (χ3n) is 4.33. The van der Waals surface area contributed by atoms with E-state index in [1.54, 1.807) is 12.1 Å². The highest BCUT2D eigenvalue weighted by molar-refractivity contribution is 7.88. The molecule has 9 heteroatoms. The Labute approximate surface area is 176 Å². The van der Waals surface area contributed by atoms with E-state index < -0.39 is 27.2 Å². The fourth-order valence-electron chi connectivity index (χ4n) is 2.65. The minimum Gasteiger partial charge on any atom is -0.376 e. The molecule has 0 heterocycles. The molecule has 0 atom stereocenters. The summed E-state index contributed by atoms with van der Waals surface area (Å²) in [6, 6.07) is 17.2. The summed E-state index contributed by atoms with van der Waals surface area (Å²) < 4.78 is 63.2. The summed E-state index contributed by atoms with van der Waals surface area (Å²) in [5.41, 5.74) is -3.29. The van der Waals surface area contributed by atoms with E-state index in [0.717, 1.165) is 29.8 Å². The van der Waals surface area contributed by atoms with Crippen molar-refractivity contribution in [2.75, 3.05) is 0 Å². The number of rotatable bonds is 6. The molecule has 0 radical (unpaired) electrons. The highest BCUT2D eigenvalue weighted by atomic mass is 32.2. The number of benzene rings is 3. The number of carbonyl (C=O) groups excluding carboxylic acids is 2. The Morgan fingerprint density at radius 1 is 0.677 bits per heavy atom. The van der Waals surface area contributed by atoms with E-state index in [9.17, 15) is 31.2 Å². The zero-order valence-corrected chi connectivity index (χ0v) is 16.8. The average molecular weight is 448 g/mol. The van der Waals surface area contributed by atoms with Gasteiger partial charge in [-0.15, -0.1) is 0 Å². The molecule has 0 aliphatic heterocycles. The molecule has 5 nitrogen and oxygen atoms in total. The molecular weight excluding hydrogens is 433 g/mol. The maximum absolute atomic E-state index is 12.6. The summed E-state index contributed by atoms with van der Waals surface area (Å²) in [5, 5.41) is 0. The summed E-state index contributed by atoms with van der Waals surface area (Å²) in [7, 11) is -5.79. The van der Waals surface area contributed by atoms with E-state index in [-0.39, 0.29) is 16.9 Å². The van der Waals surface area contributed by atoms with Gasteiger partial charge in [-0.3, -0.25) is 9.59 Å². The van der Waals surface area contributed by atoms with Crippen molar-refractivity contribution in [3.05, 3.63) is 101 Å². The van der Waals surface area contributed by atoms with Crippen LogP contribution in [0.2, 0.25) is 0 Å². The molecule has 0 bridgehead atoms. The molecule has 0 aromatic heterocycles. The Bertz CT molecular complexity index is 1210. The van der Waals surface area contributed by atoms with Crippen LogP contribution >= 0.6 is 0 Å². The molecule has 0 saturated carbocycles. The lowest BCUT2D eigenvalue weighted by molar-refractivity contribution is -0.0500. The normalized spacial score (nSPS) is 11.7. The molecule has 3 aromatic carbocycles. The molecule has 31 heavy (non-hydrogen) atoms. The van der Waals surface area contributed by atoms with Gasteiger partial charge in [0.25, 0.3) is 0 Å². The zero-order chi connectivity index (χ0) is 22.8. The average Bonchev–Trinajstić information content (AvgIpc) is 2.73. The summed E-state index contributed by atoms with van der Waals surface area (Å²) in [6.07, 6.45) is 0. The second-order valence-electron chi connectivity index (χ2n) is 6.61. The Morgan fingerprint density at radius 3 is 1.35 bits per heavy atom. The largest absolute Gasteiger partial charge is 0.534 e. The first-order chi connectivity index (χ1) is 14.5. The Morgan fingerprint density at radius 2 is 1.00 bits per heavy atom. The summed E-state index contributed by atoms with van der Waals surface area (Å²) >= 11 is 0. The molecule has 0 fully saturated rings.